The van der Waals surface area contributed by atoms with E-state index in [0.717, 1.165) is 11.3 Å². The number of aromatic nitrogens is 3. The van der Waals surface area contributed by atoms with Crippen LogP contribution in [-0.2, 0) is 22.6 Å². The van der Waals surface area contributed by atoms with E-state index in [1.807, 2.05) is 13.0 Å². The quantitative estimate of drug-likeness (QED) is 0.516. The van der Waals surface area contributed by atoms with Crippen LogP contribution in [0.25, 0.3) is 0 Å². The zero-order valence-corrected chi connectivity index (χ0v) is 15.6. The number of anilines is 4. The van der Waals surface area contributed by atoms with Crippen LogP contribution < -0.4 is 20.7 Å². The van der Waals surface area contributed by atoms with Crippen LogP contribution in [0.2, 0.25) is 0 Å². The van der Waals surface area contributed by atoms with E-state index in [4.69, 9.17) is 9.15 Å². The third-order valence-corrected chi connectivity index (χ3v) is 4.11. The minimum atomic E-state index is -0.613. The van der Waals surface area contributed by atoms with E-state index in [-0.39, 0.29) is 18.4 Å². The molecular formula is C19H18N6O4. The second-order valence-corrected chi connectivity index (χ2v) is 6.18. The van der Waals surface area contributed by atoms with E-state index in [1.165, 1.54) is 0 Å². The summed E-state index contributed by atoms with van der Waals surface area (Å²) in [6.07, 6.45) is 1.67. The molecule has 0 radical (unpaired) electrons. The van der Waals surface area contributed by atoms with Crippen molar-refractivity contribution in [2.75, 3.05) is 22.6 Å². The second-order valence-electron chi connectivity index (χ2n) is 6.18. The molecule has 0 fully saturated rings. The highest BCUT2D eigenvalue weighted by atomic mass is 16.5. The number of hydrogen-bond donors (Lipinski definition) is 3. The molecular weight excluding hydrogens is 376 g/mol. The Kier molecular flexibility index (Phi) is 5.06. The number of fused-ring (bicyclic) bond motifs is 1. The molecule has 1 aliphatic heterocycles. The molecule has 1 aliphatic rings. The molecule has 1 amide bonds. The third kappa shape index (κ3) is 4.32. The lowest BCUT2D eigenvalue weighted by molar-refractivity contribution is -0.134. The first-order valence-electron chi connectivity index (χ1n) is 9.00. The number of amides is 1. The van der Waals surface area contributed by atoms with Crippen LogP contribution in [0.1, 0.15) is 18.2 Å². The van der Waals surface area contributed by atoms with Crippen molar-refractivity contribution in [2.45, 2.75) is 19.9 Å². The summed E-state index contributed by atoms with van der Waals surface area (Å²) >= 11 is 0. The summed E-state index contributed by atoms with van der Waals surface area (Å²) in [6, 6.07) is 9.08. The molecule has 3 heterocycles. The van der Waals surface area contributed by atoms with Gasteiger partial charge in [-0.25, -0.2) is 0 Å². The van der Waals surface area contributed by atoms with Crippen molar-refractivity contribution < 1.29 is 18.7 Å². The predicted octanol–water partition coefficient (Wildman–Crippen LogP) is 2.28. The van der Waals surface area contributed by atoms with Crippen molar-refractivity contribution in [3.05, 3.63) is 47.9 Å². The fourth-order valence-corrected chi connectivity index (χ4v) is 2.76. The van der Waals surface area contributed by atoms with E-state index < -0.39 is 11.7 Å². The molecule has 10 heteroatoms. The maximum absolute atomic E-state index is 11.6. The number of nitrogens with one attached hydrogen (secondary N) is 3. The molecule has 148 valence electrons. The van der Waals surface area contributed by atoms with Gasteiger partial charge in [0, 0.05) is 17.8 Å². The number of furan rings is 1. The molecule has 0 saturated heterocycles. The number of benzene rings is 1. The van der Waals surface area contributed by atoms with Gasteiger partial charge in [-0.15, -0.1) is 0 Å². The molecule has 4 rings (SSSR count). The maximum atomic E-state index is 11.6. The van der Waals surface area contributed by atoms with E-state index in [0.29, 0.717) is 30.5 Å². The number of nitrogens with zero attached hydrogens (tertiary/aromatic N) is 3. The zero-order chi connectivity index (χ0) is 20.2. The van der Waals surface area contributed by atoms with Crippen LogP contribution in [0.15, 0.2) is 41.0 Å². The topological polar surface area (TPSA) is 131 Å². The Hall–Kier alpha value is -3.95. The van der Waals surface area contributed by atoms with Gasteiger partial charge in [-0.2, -0.15) is 15.0 Å². The first-order valence-corrected chi connectivity index (χ1v) is 9.00. The highest BCUT2D eigenvalue weighted by Gasteiger charge is 2.23. The van der Waals surface area contributed by atoms with Gasteiger partial charge >= 0.3 is 6.01 Å². The molecule has 0 bridgehead atoms. The monoisotopic (exact) mass is 394 g/mol. The number of Topliss-reactive ketones (excluding diaryl/α,β-unsaturated/α-hetero) is 1. The summed E-state index contributed by atoms with van der Waals surface area (Å²) in [5, 5.41) is 8.72. The SMILES string of the molecule is CCOc1nc(NCc2ccco2)nc(Nc2ccc3c(c2)NC(=O)C(=O)C3)n1. The second kappa shape index (κ2) is 7.97. The number of ketones is 1. The van der Waals surface area contributed by atoms with Gasteiger partial charge < -0.3 is 25.1 Å². The fourth-order valence-electron chi connectivity index (χ4n) is 2.76. The summed E-state index contributed by atoms with van der Waals surface area (Å²) in [4.78, 5) is 35.9. The molecule has 3 aromatic rings. The minimum absolute atomic E-state index is 0.0859. The van der Waals surface area contributed by atoms with Gasteiger partial charge in [-0.05, 0) is 36.8 Å². The van der Waals surface area contributed by atoms with Crippen LogP contribution in [0.3, 0.4) is 0 Å². The summed E-state index contributed by atoms with van der Waals surface area (Å²) in [6.45, 7) is 2.64. The van der Waals surface area contributed by atoms with E-state index in [9.17, 15) is 9.59 Å². The Morgan fingerprint density at radius 2 is 2.03 bits per heavy atom. The molecule has 0 unspecified atom stereocenters. The van der Waals surface area contributed by atoms with Crippen molar-refractivity contribution in [1.29, 1.82) is 0 Å². The van der Waals surface area contributed by atoms with Gasteiger partial charge in [0.1, 0.15) is 5.76 Å². The summed E-state index contributed by atoms with van der Waals surface area (Å²) in [5.41, 5.74) is 1.98. The smallest absolute Gasteiger partial charge is 0.323 e. The Morgan fingerprint density at radius 3 is 2.83 bits per heavy atom. The molecule has 3 N–H and O–H groups in total. The summed E-state index contributed by atoms with van der Waals surface area (Å²) in [5.74, 6) is 0.253. The van der Waals surface area contributed by atoms with Crippen molar-refractivity contribution in [2.24, 2.45) is 0 Å². The zero-order valence-electron chi connectivity index (χ0n) is 15.6. The molecule has 29 heavy (non-hydrogen) atoms. The molecule has 2 aromatic heterocycles. The number of hydrogen-bond acceptors (Lipinski definition) is 9. The van der Waals surface area contributed by atoms with Gasteiger partial charge in [0.15, 0.2) is 0 Å². The van der Waals surface area contributed by atoms with Gasteiger partial charge in [-0.1, -0.05) is 6.07 Å². The first-order chi connectivity index (χ1) is 14.1. The van der Waals surface area contributed by atoms with Crippen molar-refractivity contribution in [3.8, 4) is 6.01 Å². The van der Waals surface area contributed by atoms with E-state index >= 15 is 0 Å². The molecule has 10 nitrogen and oxygen atoms in total. The van der Waals surface area contributed by atoms with Crippen LogP contribution in [0.5, 0.6) is 6.01 Å². The number of rotatable bonds is 7. The molecule has 0 atom stereocenters. The summed E-state index contributed by atoms with van der Waals surface area (Å²) < 4.78 is 10.7. The van der Waals surface area contributed by atoms with Crippen molar-refractivity contribution >= 4 is 35.0 Å². The highest BCUT2D eigenvalue weighted by molar-refractivity contribution is 6.42. The highest BCUT2D eigenvalue weighted by Crippen LogP contribution is 2.26. The average molecular weight is 394 g/mol. The Morgan fingerprint density at radius 1 is 1.17 bits per heavy atom. The molecule has 0 saturated carbocycles. The number of carbonyl (C=O) groups excluding carboxylic acids is 2. The maximum Gasteiger partial charge on any atom is 0.323 e. The largest absolute Gasteiger partial charge is 0.467 e. The minimum Gasteiger partial charge on any atom is -0.467 e. The van der Waals surface area contributed by atoms with Gasteiger partial charge in [0.05, 0.1) is 19.4 Å². The standard InChI is InChI=1S/C19H18N6O4/c1-2-28-19-24-17(20-10-13-4-3-7-29-13)23-18(25-19)21-12-6-5-11-8-15(26)16(27)22-14(11)9-12/h3-7,9H,2,8,10H2,1H3,(H,22,27)(H2,20,21,23,24,25). The normalized spacial score (nSPS) is 12.9. The van der Waals surface area contributed by atoms with E-state index in [1.54, 1.807) is 30.5 Å². The fraction of sp³-hybridized carbons (Fsp3) is 0.211. The first kappa shape index (κ1) is 18.4. The van der Waals surface area contributed by atoms with Gasteiger partial charge in [0.2, 0.25) is 17.7 Å². The Bertz CT molecular complexity index is 1050. The van der Waals surface area contributed by atoms with Crippen LogP contribution >= 0.6 is 0 Å². The Labute approximate surface area is 165 Å². The third-order valence-electron chi connectivity index (χ3n) is 4.11. The molecule has 0 spiro atoms. The predicted molar refractivity (Wildman–Crippen MR) is 104 cm³/mol. The van der Waals surface area contributed by atoms with Gasteiger partial charge in [-0.3, -0.25) is 9.59 Å². The summed E-state index contributed by atoms with van der Waals surface area (Å²) in [7, 11) is 0. The number of ether oxygens (including phenoxy) is 1. The lowest BCUT2D eigenvalue weighted by Crippen LogP contribution is -2.29. The lowest BCUT2D eigenvalue weighted by atomic mass is 10.0. The van der Waals surface area contributed by atoms with E-state index in [2.05, 4.69) is 30.9 Å². The van der Waals surface area contributed by atoms with Gasteiger partial charge in [0.25, 0.3) is 5.91 Å². The van der Waals surface area contributed by atoms with Crippen molar-refractivity contribution in [3.63, 3.8) is 0 Å². The van der Waals surface area contributed by atoms with Crippen LogP contribution in [0, 0.1) is 0 Å². The number of carbonyl (C=O) groups is 2. The van der Waals surface area contributed by atoms with Crippen LogP contribution in [-0.4, -0.2) is 33.2 Å². The average Bonchev–Trinajstić information content (AvgIpc) is 3.21. The van der Waals surface area contributed by atoms with Crippen LogP contribution in [0.4, 0.5) is 23.3 Å². The lowest BCUT2D eigenvalue weighted by Gasteiger charge is -2.17. The molecule has 0 aliphatic carbocycles. The Balaban J connectivity index is 1.55. The van der Waals surface area contributed by atoms with Crippen molar-refractivity contribution in [1.82, 2.24) is 15.0 Å². The molecule has 1 aromatic carbocycles.